The molecule has 2 amide bonds. The Balaban J connectivity index is 1.37. The molecule has 1 aliphatic heterocycles. The Morgan fingerprint density at radius 2 is 1.86 bits per heavy atom. The van der Waals surface area contributed by atoms with Crippen LogP contribution in [0, 0.1) is 13.8 Å². The number of hydrogen-bond acceptors (Lipinski definition) is 6. The molecule has 4 rings (SSSR count). The van der Waals surface area contributed by atoms with Crippen LogP contribution in [0.3, 0.4) is 0 Å². The fourth-order valence-corrected chi connectivity index (χ4v) is 5.17. The normalized spacial score (nSPS) is 14.5. The van der Waals surface area contributed by atoms with Gasteiger partial charge in [0, 0.05) is 10.6 Å². The van der Waals surface area contributed by atoms with E-state index in [0.29, 0.717) is 15.0 Å². The molecule has 0 spiro atoms. The van der Waals surface area contributed by atoms with E-state index in [1.165, 1.54) is 17.3 Å². The second-order valence-electron chi connectivity index (χ2n) is 7.92. The summed E-state index contributed by atoms with van der Waals surface area (Å²) >= 11 is 8.37. The molecule has 1 N–H and O–H groups in total. The number of carbonyl (C=O) groups is 2. The van der Waals surface area contributed by atoms with Gasteiger partial charge in [-0.1, -0.05) is 48.2 Å². The number of nitrogens with zero attached hydrogens (tertiary/aromatic N) is 1. The van der Waals surface area contributed by atoms with Crippen LogP contribution in [0.1, 0.15) is 16.7 Å². The molecule has 0 aromatic heterocycles. The Bertz CT molecular complexity index is 1320. The first kappa shape index (κ1) is 25.0. The third kappa shape index (κ3) is 6.14. The number of amides is 2. The number of hydrogen-bond donors (Lipinski definition) is 1. The van der Waals surface area contributed by atoms with Gasteiger partial charge in [-0.15, -0.1) is 11.8 Å². The summed E-state index contributed by atoms with van der Waals surface area (Å²) in [5.41, 5.74) is 4.64. The number of carbonyl (C=O) groups excluding carboxylic acids is 2. The fourth-order valence-electron chi connectivity index (χ4n) is 3.42. The summed E-state index contributed by atoms with van der Waals surface area (Å²) in [5, 5.41) is 2.84. The lowest BCUT2D eigenvalue weighted by atomic mass is 10.1. The van der Waals surface area contributed by atoms with Gasteiger partial charge >= 0.3 is 0 Å². The minimum absolute atomic E-state index is 0.0972. The van der Waals surface area contributed by atoms with Crippen molar-refractivity contribution in [2.75, 3.05) is 23.1 Å². The van der Waals surface area contributed by atoms with Crippen LogP contribution >= 0.6 is 35.7 Å². The zero-order valence-corrected chi connectivity index (χ0v) is 22.0. The summed E-state index contributed by atoms with van der Waals surface area (Å²) in [6, 6.07) is 20.8. The highest BCUT2D eigenvalue weighted by Crippen LogP contribution is 2.37. The predicted molar refractivity (Wildman–Crippen MR) is 150 cm³/mol. The van der Waals surface area contributed by atoms with E-state index in [2.05, 4.69) is 5.32 Å². The number of rotatable bonds is 7. The van der Waals surface area contributed by atoms with E-state index in [9.17, 15) is 9.59 Å². The number of anilines is 2. The molecule has 1 heterocycles. The van der Waals surface area contributed by atoms with Crippen LogP contribution in [0.4, 0.5) is 11.4 Å². The van der Waals surface area contributed by atoms with E-state index >= 15 is 0 Å². The Morgan fingerprint density at radius 3 is 2.57 bits per heavy atom. The number of thiocarbonyl (C=S) groups is 1. The van der Waals surface area contributed by atoms with Gasteiger partial charge in [0.2, 0.25) is 0 Å². The molecule has 0 saturated carbocycles. The average Bonchev–Trinajstić information content (AvgIpc) is 3.13. The lowest BCUT2D eigenvalue weighted by Gasteiger charge is -2.15. The van der Waals surface area contributed by atoms with Gasteiger partial charge < -0.3 is 10.1 Å². The second kappa shape index (κ2) is 11.1. The maximum Gasteiger partial charge on any atom is 0.270 e. The standard InChI is InChI=1S/C27H24N2O3S3/c1-17-7-10-20(13-18(17)2)28-25(30)16-32-22-11-8-19(9-12-22)14-24-26(31)29(27(33)35-24)21-5-4-6-23(15-21)34-3/h4-15H,16H2,1-3H3,(H,28,30)/b24-14-. The van der Waals surface area contributed by atoms with Gasteiger partial charge in [0.05, 0.1) is 10.6 Å². The van der Waals surface area contributed by atoms with E-state index < -0.39 is 0 Å². The molecule has 8 heteroatoms. The van der Waals surface area contributed by atoms with Crippen molar-refractivity contribution in [1.82, 2.24) is 0 Å². The van der Waals surface area contributed by atoms with E-state index in [1.54, 1.807) is 28.8 Å². The Labute approximate surface area is 218 Å². The van der Waals surface area contributed by atoms with Gasteiger partial charge in [-0.05, 0) is 85.3 Å². The van der Waals surface area contributed by atoms with E-state index in [4.69, 9.17) is 17.0 Å². The Morgan fingerprint density at radius 1 is 1.09 bits per heavy atom. The highest BCUT2D eigenvalue weighted by Gasteiger charge is 2.33. The van der Waals surface area contributed by atoms with Gasteiger partial charge in [0.15, 0.2) is 10.9 Å². The van der Waals surface area contributed by atoms with Gasteiger partial charge in [0.1, 0.15) is 5.75 Å². The molecule has 1 fully saturated rings. The van der Waals surface area contributed by atoms with Crippen molar-refractivity contribution in [2.45, 2.75) is 18.7 Å². The maximum absolute atomic E-state index is 13.0. The predicted octanol–water partition coefficient (Wildman–Crippen LogP) is 6.45. The Kier molecular flexibility index (Phi) is 7.95. The average molecular weight is 521 g/mol. The fraction of sp³-hybridized carbons (Fsp3) is 0.148. The number of nitrogens with one attached hydrogen (secondary N) is 1. The summed E-state index contributed by atoms with van der Waals surface area (Å²) in [7, 11) is 0. The van der Waals surface area contributed by atoms with Crippen LogP contribution in [-0.2, 0) is 9.59 Å². The van der Waals surface area contributed by atoms with Gasteiger partial charge in [-0.3, -0.25) is 14.5 Å². The molecule has 5 nitrogen and oxygen atoms in total. The van der Waals surface area contributed by atoms with Crippen molar-refractivity contribution < 1.29 is 14.3 Å². The molecule has 178 valence electrons. The number of ether oxygens (including phenoxy) is 1. The summed E-state index contributed by atoms with van der Waals surface area (Å²) < 4.78 is 6.13. The quantitative estimate of drug-likeness (QED) is 0.220. The molecule has 35 heavy (non-hydrogen) atoms. The highest BCUT2D eigenvalue weighted by molar-refractivity contribution is 8.27. The van der Waals surface area contributed by atoms with Crippen molar-refractivity contribution in [1.29, 1.82) is 0 Å². The smallest absolute Gasteiger partial charge is 0.270 e. The van der Waals surface area contributed by atoms with Crippen molar-refractivity contribution in [3.63, 3.8) is 0 Å². The van der Waals surface area contributed by atoms with E-state index in [1.807, 2.05) is 80.8 Å². The highest BCUT2D eigenvalue weighted by atomic mass is 32.2. The molecular formula is C27H24N2O3S3. The molecule has 0 unspecified atom stereocenters. The summed E-state index contributed by atoms with van der Waals surface area (Å²) in [5.74, 6) is 0.201. The summed E-state index contributed by atoms with van der Waals surface area (Å²) in [6.07, 6.45) is 3.81. The van der Waals surface area contributed by atoms with Crippen LogP contribution in [0.25, 0.3) is 6.08 Å². The lowest BCUT2D eigenvalue weighted by molar-refractivity contribution is -0.118. The van der Waals surface area contributed by atoms with Crippen molar-refractivity contribution in [3.8, 4) is 5.75 Å². The lowest BCUT2D eigenvalue weighted by Crippen LogP contribution is -2.27. The molecule has 1 aliphatic rings. The largest absolute Gasteiger partial charge is 0.484 e. The molecule has 1 saturated heterocycles. The molecule has 0 aliphatic carbocycles. The van der Waals surface area contributed by atoms with Crippen molar-refractivity contribution in [3.05, 3.63) is 88.3 Å². The van der Waals surface area contributed by atoms with E-state index in [0.717, 1.165) is 27.4 Å². The van der Waals surface area contributed by atoms with Crippen LogP contribution < -0.4 is 15.0 Å². The molecule has 3 aromatic rings. The molecular weight excluding hydrogens is 497 g/mol. The van der Waals surface area contributed by atoms with Crippen LogP contribution in [0.2, 0.25) is 0 Å². The number of thioether (sulfide) groups is 2. The first-order valence-electron chi connectivity index (χ1n) is 10.9. The zero-order valence-electron chi connectivity index (χ0n) is 19.5. The molecule has 0 bridgehead atoms. The van der Waals surface area contributed by atoms with E-state index in [-0.39, 0.29) is 18.4 Å². The van der Waals surface area contributed by atoms with Crippen molar-refractivity contribution >= 4 is 69.3 Å². The molecule has 0 radical (unpaired) electrons. The van der Waals surface area contributed by atoms with Crippen LogP contribution in [0.15, 0.2) is 76.5 Å². The third-order valence-electron chi connectivity index (χ3n) is 5.44. The number of aryl methyl sites for hydroxylation is 2. The Hall–Kier alpha value is -3.07. The van der Waals surface area contributed by atoms with Gasteiger partial charge in [0.25, 0.3) is 11.8 Å². The van der Waals surface area contributed by atoms with Gasteiger partial charge in [-0.2, -0.15) is 0 Å². The minimum Gasteiger partial charge on any atom is -0.484 e. The van der Waals surface area contributed by atoms with Gasteiger partial charge in [-0.25, -0.2) is 0 Å². The first-order valence-corrected chi connectivity index (χ1v) is 13.3. The number of benzene rings is 3. The zero-order chi connectivity index (χ0) is 24.9. The van der Waals surface area contributed by atoms with Crippen LogP contribution in [0.5, 0.6) is 5.75 Å². The monoisotopic (exact) mass is 520 g/mol. The maximum atomic E-state index is 13.0. The SMILES string of the molecule is CSc1cccc(N2C(=O)/C(=C/c3ccc(OCC(=O)Nc4ccc(C)c(C)c4)cc3)SC2=S)c1. The summed E-state index contributed by atoms with van der Waals surface area (Å²) in [6.45, 7) is 3.93. The van der Waals surface area contributed by atoms with Crippen LogP contribution in [-0.4, -0.2) is 29.0 Å². The van der Waals surface area contributed by atoms with Crippen molar-refractivity contribution in [2.24, 2.45) is 0 Å². The topological polar surface area (TPSA) is 58.6 Å². The first-order chi connectivity index (χ1) is 16.8. The molecule has 3 aromatic carbocycles. The summed E-state index contributed by atoms with van der Waals surface area (Å²) in [4.78, 5) is 28.5. The second-order valence-corrected chi connectivity index (χ2v) is 10.5. The minimum atomic E-state index is -0.230. The third-order valence-corrected chi connectivity index (χ3v) is 7.47. The molecule has 0 atom stereocenters.